The van der Waals surface area contributed by atoms with Crippen LogP contribution >= 0.6 is 12.4 Å². The van der Waals surface area contributed by atoms with E-state index in [1.165, 1.54) is 0 Å². The van der Waals surface area contributed by atoms with Crippen LogP contribution in [0.4, 0.5) is 8.78 Å². The van der Waals surface area contributed by atoms with Gasteiger partial charge in [0, 0.05) is 18.7 Å². The second-order valence-corrected chi connectivity index (χ2v) is 5.63. The predicted molar refractivity (Wildman–Crippen MR) is 85.2 cm³/mol. The molecule has 1 heterocycles. The molecule has 22 heavy (non-hydrogen) atoms. The van der Waals surface area contributed by atoms with Crippen LogP contribution in [0.2, 0.25) is 0 Å². The van der Waals surface area contributed by atoms with Gasteiger partial charge in [-0.1, -0.05) is 0 Å². The van der Waals surface area contributed by atoms with Crippen LogP contribution in [0, 0.1) is 17.6 Å². The van der Waals surface area contributed by atoms with Gasteiger partial charge in [0.2, 0.25) is 5.91 Å². The van der Waals surface area contributed by atoms with Gasteiger partial charge in [0.1, 0.15) is 11.6 Å². The average molecular weight is 333 g/mol. The van der Waals surface area contributed by atoms with Crippen molar-refractivity contribution in [1.82, 2.24) is 10.2 Å². The van der Waals surface area contributed by atoms with E-state index in [2.05, 4.69) is 5.32 Å². The van der Waals surface area contributed by atoms with Gasteiger partial charge in [-0.15, -0.1) is 12.4 Å². The van der Waals surface area contributed by atoms with Crippen LogP contribution in [0.25, 0.3) is 0 Å². The van der Waals surface area contributed by atoms with Gasteiger partial charge in [0.25, 0.3) is 0 Å². The van der Waals surface area contributed by atoms with E-state index in [4.69, 9.17) is 0 Å². The molecule has 3 nitrogen and oxygen atoms in total. The zero-order valence-electron chi connectivity index (χ0n) is 12.8. The Morgan fingerprint density at radius 2 is 2.00 bits per heavy atom. The van der Waals surface area contributed by atoms with Crippen LogP contribution in [0.5, 0.6) is 0 Å². The smallest absolute Gasteiger partial charge is 0.227 e. The molecule has 1 aromatic rings. The van der Waals surface area contributed by atoms with Gasteiger partial charge < -0.3 is 10.2 Å². The van der Waals surface area contributed by atoms with E-state index in [0.29, 0.717) is 19.0 Å². The maximum atomic E-state index is 13.6. The zero-order valence-corrected chi connectivity index (χ0v) is 13.6. The molecule has 1 aliphatic rings. The molecule has 1 N–H and O–H groups in total. The number of nitrogens with one attached hydrogen (secondary N) is 1. The summed E-state index contributed by atoms with van der Waals surface area (Å²) in [5, 5.41) is 3.14. The summed E-state index contributed by atoms with van der Waals surface area (Å²) in [5.74, 6) is -0.502. The van der Waals surface area contributed by atoms with E-state index in [9.17, 15) is 13.6 Å². The minimum Gasteiger partial charge on any atom is -0.342 e. The lowest BCUT2D eigenvalue weighted by Crippen LogP contribution is -2.39. The highest BCUT2D eigenvalue weighted by Crippen LogP contribution is 2.21. The number of nitrogens with zero attached hydrogens (tertiary/aromatic N) is 1. The first kappa shape index (κ1) is 18.8. The lowest BCUT2D eigenvalue weighted by atomic mass is 9.93. The standard InChI is InChI=1S/C16H22F2N2O.ClH/c1-19-7-4-12-5-8-20(9-6-12)16(21)11-13-10-14(17)2-3-15(13)18;/h2-3,10,12,19H,4-9,11H2,1H3;1H. The van der Waals surface area contributed by atoms with Crippen LogP contribution < -0.4 is 5.32 Å². The minimum atomic E-state index is -0.520. The third-order valence-corrected chi connectivity index (χ3v) is 4.12. The molecular formula is C16H23ClF2N2O. The molecule has 0 aliphatic carbocycles. The fraction of sp³-hybridized carbons (Fsp3) is 0.562. The Morgan fingerprint density at radius 1 is 1.32 bits per heavy atom. The van der Waals surface area contributed by atoms with Crippen molar-refractivity contribution in [2.24, 2.45) is 5.92 Å². The van der Waals surface area contributed by atoms with Gasteiger partial charge in [0.15, 0.2) is 0 Å². The Bertz CT molecular complexity index is 491. The van der Waals surface area contributed by atoms with Crippen molar-refractivity contribution < 1.29 is 13.6 Å². The number of benzene rings is 1. The molecule has 1 amide bonds. The molecule has 0 saturated carbocycles. The highest BCUT2D eigenvalue weighted by molar-refractivity contribution is 5.85. The number of piperidine rings is 1. The molecule has 1 aromatic carbocycles. The van der Waals surface area contributed by atoms with Crippen molar-refractivity contribution in [3.63, 3.8) is 0 Å². The number of likely N-dealkylation sites (tertiary alicyclic amines) is 1. The van der Waals surface area contributed by atoms with E-state index >= 15 is 0 Å². The van der Waals surface area contributed by atoms with Gasteiger partial charge in [-0.05, 0) is 57.0 Å². The van der Waals surface area contributed by atoms with Crippen molar-refractivity contribution in [3.8, 4) is 0 Å². The SMILES string of the molecule is CNCCC1CCN(C(=O)Cc2cc(F)ccc2F)CC1.Cl. The van der Waals surface area contributed by atoms with E-state index < -0.39 is 11.6 Å². The number of carbonyl (C=O) groups excluding carboxylic acids is 1. The Hall–Kier alpha value is -1.20. The van der Waals surface area contributed by atoms with E-state index in [-0.39, 0.29) is 30.3 Å². The average Bonchev–Trinajstić information content (AvgIpc) is 2.49. The van der Waals surface area contributed by atoms with Gasteiger partial charge in [0.05, 0.1) is 6.42 Å². The van der Waals surface area contributed by atoms with Crippen LogP contribution in [-0.2, 0) is 11.2 Å². The third-order valence-electron chi connectivity index (χ3n) is 4.12. The quantitative estimate of drug-likeness (QED) is 0.899. The monoisotopic (exact) mass is 332 g/mol. The number of amides is 1. The van der Waals surface area contributed by atoms with Gasteiger partial charge in [-0.25, -0.2) is 8.78 Å². The second kappa shape index (κ2) is 9.06. The first-order chi connectivity index (χ1) is 10.1. The van der Waals surface area contributed by atoms with Crippen LogP contribution in [0.3, 0.4) is 0 Å². The van der Waals surface area contributed by atoms with E-state index in [1.54, 1.807) is 4.90 Å². The fourth-order valence-corrected chi connectivity index (χ4v) is 2.77. The molecule has 1 saturated heterocycles. The molecule has 0 spiro atoms. The Kier molecular flexibility index (Phi) is 7.76. The largest absolute Gasteiger partial charge is 0.342 e. The summed E-state index contributed by atoms with van der Waals surface area (Å²) in [6.07, 6.45) is 3.03. The molecule has 1 aliphatic heterocycles. The van der Waals surface area contributed by atoms with Crippen LogP contribution in [-0.4, -0.2) is 37.5 Å². The number of carbonyl (C=O) groups is 1. The van der Waals surface area contributed by atoms with Crippen molar-refractivity contribution >= 4 is 18.3 Å². The molecular weight excluding hydrogens is 310 g/mol. The Labute approximate surface area is 136 Å². The molecule has 0 atom stereocenters. The number of rotatable bonds is 5. The first-order valence-electron chi connectivity index (χ1n) is 7.46. The van der Waals surface area contributed by atoms with Crippen LogP contribution in [0.1, 0.15) is 24.8 Å². The van der Waals surface area contributed by atoms with E-state index in [1.807, 2.05) is 7.05 Å². The summed E-state index contributed by atoms with van der Waals surface area (Å²) in [7, 11) is 1.94. The summed E-state index contributed by atoms with van der Waals surface area (Å²) >= 11 is 0. The molecule has 0 bridgehead atoms. The maximum Gasteiger partial charge on any atom is 0.227 e. The summed E-state index contributed by atoms with van der Waals surface area (Å²) < 4.78 is 26.7. The number of hydrogen-bond donors (Lipinski definition) is 1. The zero-order chi connectivity index (χ0) is 15.2. The summed E-state index contributed by atoms with van der Waals surface area (Å²) in [5.41, 5.74) is 0.136. The lowest BCUT2D eigenvalue weighted by molar-refractivity contribution is -0.131. The minimum absolute atomic E-state index is 0. The summed E-state index contributed by atoms with van der Waals surface area (Å²) in [6, 6.07) is 3.24. The molecule has 2 rings (SSSR count). The highest BCUT2D eigenvalue weighted by Gasteiger charge is 2.23. The van der Waals surface area contributed by atoms with Crippen molar-refractivity contribution in [3.05, 3.63) is 35.4 Å². The van der Waals surface area contributed by atoms with Crippen molar-refractivity contribution in [2.75, 3.05) is 26.7 Å². The first-order valence-corrected chi connectivity index (χ1v) is 7.46. The van der Waals surface area contributed by atoms with Crippen molar-refractivity contribution in [2.45, 2.75) is 25.7 Å². The fourth-order valence-electron chi connectivity index (χ4n) is 2.77. The third kappa shape index (κ3) is 5.21. The molecule has 124 valence electrons. The number of hydrogen-bond acceptors (Lipinski definition) is 2. The maximum absolute atomic E-state index is 13.6. The number of halogens is 3. The summed E-state index contributed by atoms with van der Waals surface area (Å²) in [4.78, 5) is 13.9. The predicted octanol–water partition coefficient (Wildman–Crippen LogP) is 2.78. The highest BCUT2D eigenvalue weighted by atomic mass is 35.5. The lowest BCUT2D eigenvalue weighted by Gasteiger charge is -2.32. The Morgan fingerprint density at radius 3 is 2.64 bits per heavy atom. The molecule has 6 heteroatoms. The molecule has 0 aromatic heterocycles. The van der Waals surface area contributed by atoms with Gasteiger partial charge in [-0.3, -0.25) is 4.79 Å². The van der Waals surface area contributed by atoms with Crippen molar-refractivity contribution in [1.29, 1.82) is 0 Å². The van der Waals surface area contributed by atoms with Crippen LogP contribution in [0.15, 0.2) is 18.2 Å². The molecule has 1 fully saturated rings. The Balaban J connectivity index is 0.00000242. The van der Waals surface area contributed by atoms with Gasteiger partial charge in [-0.2, -0.15) is 0 Å². The normalized spacial score (nSPS) is 15.5. The topological polar surface area (TPSA) is 32.3 Å². The van der Waals surface area contributed by atoms with Gasteiger partial charge >= 0.3 is 0 Å². The summed E-state index contributed by atoms with van der Waals surface area (Å²) in [6.45, 7) is 2.42. The molecule has 0 unspecified atom stereocenters. The molecule has 0 radical (unpaired) electrons. The second-order valence-electron chi connectivity index (χ2n) is 5.63. The van der Waals surface area contributed by atoms with E-state index in [0.717, 1.165) is 44.0 Å².